The maximum absolute atomic E-state index is 13.1. The summed E-state index contributed by atoms with van der Waals surface area (Å²) in [6, 6.07) is 6.27. The quantitative estimate of drug-likeness (QED) is 0.915. The van der Waals surface area contributed by atoms with Gasteiger partial charge in [0.25, 0.3) is 5.91 Å². The molecule has 6 heteroatoms. The van der Waals surface area contributed by atoms with Gasteiger partial charge in [-0.3, -0.25) is 14.3 Å². The van der Waals surface area contributed by atoms with Crippen molar-refractivity contribution in [3.05, 3.63) is 53.6 Å². The smallest absolute Gasteiger partial charge is 0.319 e. The Morgan fingerprint density at radius 3 is 2.55 bits per heavy atom. The summed E-state index contributed by atoms with van der Waals surface area (Å²) >= 11 is 0. The van der Waals surface area contributed by atoms with E-state index in [1.54, 1.807) is 25.4 Å². The summed E-state index contributed by atoms with van der Waals surface area (Å²) < 4.78 is 26.9. The molecule has 0 spiro atoms. The van der Waals surface area contributed by atoms with Crippen molar-refractivity contribution in [3.8, 4) is 0 Å². The molecule has 1 N–H and O–H groups in total. The van der Waals surface area contributed by atoms with Crippen LogP contribution in [0.15, 0.2) is 36.7 Å². The molecule has 1 amide bonds. The van der Waals surface area contributed by atoms with Gasteiger partial charge in [-0.15, -0.1) is 0 Å². The lowest BCUT2D eigenvalue weighted by atomic mass is 9.97. The predicted molar refractivity (Wildman–Crippen MR) is 79.7 cm³/mol. The van der Waals surface area contributed by atoms with Crippen LogP contribution in [0.3, 0.4) is 0 Å². The molecule has 22 heavy (non-hydrogen) atoms. The van der Waals surface area contributed by atoms with E-state index < -0.39 is 12.5 Å². The molecule has 0 aliphatic carbocycles. The Morgan fingerprint density at radius 2 is 2.00 bits per heavy atom. The van der Waals surface area contributed by atoms with Crippen LogP contribution in [-0.2, 0) is 0 Å². The van der Waals surface area contributed by atoms with E-state index in [4.69, 9.17) is 0 Å². The third-order valence-corrected chi connectivity index (χ3v) is 3.55. The number of carbonyl (C=O) groups is 1. The molecular weight excluding hydrogens is 288 g/mol. The average molecular weight is 307 g/mol. The van der Waals surface area contributed by atoms with Gasteiger partial charge in [0.05, 0.1) is 6.04 Å². The first-order valence-corrected chi connectivity index (χ1v) is 7.08. The topological polar surface area (TPSA) is 46.9 Å². The largest absolute Gasteiger partial charge is 0.344 e. The molecule has 118 valence electrons. The second-order valence-corrected chi connectivity index (χ2v) is 5.49. The molecule has 0 aliphatic rings. The maximum atomic E-state index is 13.1. The lowest BCUT2D eigenvalue weighted by Gasteiger charge is -2.23. The van der Waals surface area contributed by atoms with Gasteiger partial charge in [-0.05, 0) is 36.6 Å². The highest BCUT2D eigenvalue weighted by molar-refractivity contribution is 5.93. The van der Waals surface area contributed by atoms with E-state index in [0.717, 1.165) is 10.1 Å². The summed E-state index contributed by atoms with van der Waals surface area (Å²) in [6.45, 7) is 2.71. The van der Waals surface area contributed by atoms with Gasteiger partial charge in [-0.1, -0.05) is 19.9 Å². The Hall–Kier alpha value is -2.24. The van der Waals surface area contributed by atoms with Crippen LogP contribution in [0, 0.1) is 12.8 Å². The van der Waals surface area contributed by atoms with E-state index in [0.29, 0.717) is 5.69 Å². The SMILES string of the molecule is Cc1ccc(C(=O)N[C@H](c2cccnc2)C(C)C)n1C(F)F. The van der Waals surface area contributed by atoms with Crippen LogP contribution >= 0.6 is 0 Å². The highest BCUT2D eigenvalue weighted by Crippen LogP contribution is 2.23. The lowest BCUT2D eigenvalue weighted by Crippen LogP contribution is -2.33. The molecule has 4 nitrogen and oxygen atoms in total. The number of carbonyl (C=O) groups excluding carboxylic acids is 1. The molecule has 0 aromatic carbocycles. The summed E-state index contributed by atoms with van der Waals surface area (Å²) in [5.41, 5.74) is 1.15. The molecule has 2 aromatic heterocycles. The van der Waals surface area contributed by atoms with Crippen molar-refractivity contribution in [2.75, 3.05) is 0 Å². The summed E-state index contributed by atoms with van der Waals surface area (Å²) in [6.07, 6.45) is 3.32. The molecule has 1 atom stereocenters. The Balaban J connectivity index is 2.26. The Morgan fingerprint density at radius 1 is 1.27 bits per heavy atom. The summed E-state index contributed by atoms with van der Waals surface area (Å²) in [4.78, 5) is 16.4. The number of aryl methyl sites for hydroxylation is 1. The molecule has 0 fully saturated rings. The van der Waals surface area contributed by atoms with Crippen LogP contribution in [-0.4, -0.2) is 15.5 Å². The van der Waals surface area contributed by atoms with E-state index in [1.165, 1.54) is 12.1 Å². The van der Waals surface area contributed by atoms with Gasteiger partial charge < -0.3 is 5.32 Å². The first-order valence-electron chi connectivity index (χ1n) is 7.08. The Kier molecular flexibility index (Phi) is 4.90. The maximum Gasteiger partial charge on any atom is 0.319 e. The molecule has 0 radical (unpaired) electrons. The van der Waals surface area contributed by atoms with Crippen LogP contribution in [0.1, 0.15) is 48.2 Å². The fraction of sp³-hybridized carbons (Fsp3) is 0.375. The minimum atomic E-state index is -2.74. The fourth-order valence-electron chi connectivity index (χ4n) is 2.40. The molecule has 0 unspecified atom stereocenters. The van der Waals surface area contributed by atoms with Crippen molar-refractivity contribution in [1.29, 1.82) is 0 Å². The summed E-state index contributed by atoms with van der Waals surface area (Å²) in [5.74, 6) is -0.417. The number of nitrogens with one attached hydrogen (secondary N) is 1. The van der Waals surface area contributed by atoms with Crippen molar-refractivity contribution in [3.63, 3.8) is 0 Å². The van der Waals surface area contributed by atoms with Crippen molar-refractivity contribution in [2.45, 2.75) is 33.4 Å². The third-order valence-electron chi connectivity index (χ3n) is 3.55. The van der Waals surface area contributed by atoms with E-state index in [1.807, 2.05) is 19.9 Å². The number of rotatable bonds is 5. The van der Waals surface area contributed by atoms with Crippen molar-refractivity contribution in [1.82, 2.24) is 14.9 Å². The van der Waals surface area contributed by atoms with Crippen molar-refractivity contribution in [2.24, 2.45) is 5.92 Å². The van der Waals surface area contributed by atoms with Gasteiger partial charge in [0.15, 0.2) is 0 Å². The van der Waals surface area contributed by atoms with Crippen LogP contribution in [0.2, 0.25) is 0 Å². The van der Waals surface area contributed by atoms with E-state index in [9.17, 15) is 13.6 Å². The molecular formula is C16H19F2N3O. The van der Waals surface area contributed by atoms with Gasteiger partial charge >= 0.3 is 6.55 Å². The van der Waals surface area contributed by atoms with Crippen molar-refractivity contribution >= 4 is 5.91 Å². The standard InChI is InChI=1S/C16H19F2N3O/c1-10(2)14(12-5-4-8-19-9-12)20-15(22)13-7-6-11(3)21(13)16(17)18/h4-10,14,16H,1-3H3,(H,20,22)/t14-/m0/s1. The van der Waals surface area contributed by atoms with E-state index >= 15 is 0 Å². The Bertz CT molecular complexity index is 638. The number of aromatic nitrogens is 2. The predicted octanol–water partition coefficient (Wildman–Crippen LogP) is 3.71. The number of hydrogen-bond donors (Lipinski definition) is 1. The van der Waals surface area contributed by atoms with Crippen LogP contribution in [0.25, 0.3) is 0 Å². The highest BCUT2D eigenvalue weighted by Gasteiger charge is 2.23. The Labute approximate surface area is 128 Å². The molecule has 2 heterocycles. The number of nitrogens with zero attached hydrogens (tertiary/aromatic N) is 2. The average Bonchev–Trinajstić information content (AvgIpc) is 2.87. The molecule has 2 rings (SSSR count). The van der Waals surface area contributed by atoms with Crippen LogP contribution in [0.4, 0.5) is 8.78 Å². The highest BCUT2D eigenvalue weighted by atomic mass is 19.3. The zero-order chi connectivity index (χ0) is 16.3. The summed E-state index contributed by atoms with van der Waals surface area (Å²) in [7, 11) is 0. The summed E-state index contributed by atoms with van der Waals surface area (Å²) in [5, 5.41) is 2.82. The number of halogens is 2. The lowest BCUT2D eigenvalue weighted by molar-refractivity contribution is 0.0611. The fourth-order valence-corrected chi connectivity index (χ4v) is 2.40. The monoisotopic (exact) mass is 307 g/mol. The van der Waals surface area contributed by atoms with Gasteiger partial charge in [0.1, 0.15) is 5.69 Å². The molecule has 0 saturated heterocycles. The van der Waals surface area contributed by atoms with Crippen molar-refractivity contribution < 1.29 is 13.6 Å². The molecule has 0 aliphatic heterocycles. The second-order valence-electron chi connectivity index (χ2n) is 5.49. The molecule has 0 saturated carbocycles. The zero-order valence-corrected chi connectivity index (χ0v) is 12.8. The number of hydrogen-bond acceptors (Lipinski definition) is 2. The normalized spacial score (nSPS) is 12.7. The van der Waals surface area contributed by atoms with Crippen LogP contribution < -0.4 is 5.32 Å². The first kappa shape index (κ1) is 16.1. The minimum absolute atomic E-state index is 0.0398. The van der Waals surface area contributed by atoms with Crippen LogP contribution in [0.5, 0.6) is 0 Å². The third kappa shape index (κ3) is 3.32. The van der Waals surface area contributed by atoms with E-state index in [-0.39, 0.29) is 17.7 Å². The second kappa shape index (κ2) is 6.68. The number of pyridine rings is 1. The molecule has 2 aromatic rings. The minimum Gasteiger partial charge on any atom is -0.344 e. The van der Waals surface area contributed by atoms with Gasteiger partial charge in [-0.25, -0.2) is 0 Å². The number of alkyl halides is 2. The number of amides is 1. The zero-order valence-electron chi connectivity index (χ0n) is 12.8. The van der Waals surface area contributed by atoms with Gasteiger partial charge in [-0.2, -0.15) is 8.78 Å². The van der Waals surface area contributed by atoms with Gasteiger partial charge in [0.2, 0.25) is 0 Å². The first-order chi connectivity index (χ1) is 10.4. The molecule has 0 bridgehead atoms. The van der Waals surface area contributed by atoms with Gasteiger partial charge in [0, 0.05) is 18.1 Å². The van der Waals surface area contributed by atoms with E-state index in [2.05, 4.69) is 10.3 Å².